The largest absolute Gasteiger partial charge is 0.545 e. The lowest BCUT2D eigenvalue weighted by Gasteiger charge is -2.12. The van der Waals surface area contributed by atoms with Gasteiger partial charge in [0.2, 0.25) is 0 Å². The molecule has 0 fully saturated rings. The molecule has 0 aromatic heterocycles. The molecule has 0 unspecified atom stereocenters. The van der Waals surface area contributed by atoms with Gasteiger partial charge in [0.1, 0.15) is 0 Å². The van der Waals surface area contributed by atoms with Gasteiger partial charge in [0.05, 0.1) is 10.9 Å². The Morgan fingerprint density at radius 3 is 2.00 bits per heavy atom. The number of aromatic carboxylic acids is 1. The fourth-order valence-corrected chi connectivity index (χ4v) is 3.84. The molecule has 2 N–H and O–H groups in total. The zero-order chi connectivity index (χ0) is 21.9. The normalized spacial score (nSPS) is 11.0. The number of carboxylic acid groups (broad SMARTS) is 1. The number of sulfonamides is 1. The van der Waals surface area contributed by atoms with Crippen molar-refractivity contribution in [1.29, 1.82) is 0 Å². The van der Waals surface area contributed by atoms with Crippen LogP contribution < -0.4 is 15.1 Å². The van der Waals surface area contributed by atoms with E-state index >= 15 is 0 Å². The number of nitrogens with one attached hydrogen (secondary N) is 2. The van der Waals surface area contributed by atoms with Crippen molar-refractivity contribution < 1.29 is 23.1 Å². The third-order valence-electron chi connectivity index (χ3n) is 4.57. The highest BCUT2D eigenvalue weighted by atomic mass is 32.2. The van der Waals surface area contributed by atoms with Crippen molar-refractivity contribution in [2.24, 2.45) is 0 Å². The van der Waals surface area contributed by atoms with Crippen LogP contribution in [0.3, 0.4) is 0 Å². The number of carboxylic acids is 1. The number of benzene rings is 3. The number of rotatable bonds is 6. The molecule has 3 aromatic carbocycles. The number of hydrogen-bond donors (Lipinski definition) is 2. The van der Waals surface area contributed by atoms with Gasteiger partial charge in [0, 0.05) is 22.5 Å². The van der Waals surface area contributed by atoms with Crippen LogP contribution >= 0.6 is 0 Å². The van der Waals surface area contributed by atoms with E-state index in [0.29, 0.717) is 11.4 Å². The Hall–Kier alpha value is -3.65. The molecule has 0 radical (unpaired) electrons. The Morgan fingerprint density at radius 2 is 1.40 bits per heavy atom. The predicted molar refractivity (Wildman–Crippen MR) is 112 cm³/mol. The number of aryl methyl sites for hydroxylation is 2. The van der Waals surface area contributed by atoms with Crippen LogP contribution in [-0.2, 0) is 10.0 Å². The van der Waals surface area contributed by atoms with Crippen molar-refractivity contribution in [1.82, 2.24) is 0 Å². The molecule has 0 atom stereocenters. The van der Waals surface area contributed by atoms with Gasteiger partial charge >= 0.3 is 0 Å². The molecule has 154 valence electrons. The van der Waals surface area contributed by atoms with E-state index in [-0.39, 0.29) is 16.0 Å². The SMILES string of the molecule is Cc1ccc(NS(=O)(=O)c2ccc(NC(=O)c3ccccc3C(=O)[O-])cc2)cc1C. The van der Waals surface area contributed by atoms with Crippen LogP contribution in [0.2, 0.25) is 0 Å². The zero-order valence-electron chi connectivity index (χ0n) is 16.3. The standard InChI is InChI=1S/C22H20N2O5S/c1-14-7-8-17(13-15(14)2)24-30(28,29)18-11-9-16(10-12-18)23-21(25)19-5-3-4-6-20(19)22(26)27/h3-13,24H,1-2H3,(H,23,25)(H,26,27)/p-1. The summed E-state index contributed by atoms with van der Waals surface area (Å²) in [6, 6.07) is 16.5. The van der Waals surface area contributed by atoms with E-state index in [4.69, 9.17) is 0 Å². The quantitative estimate of drug-likeness (QED) is 0.633. The van der Waals surface area contributed by atoms with E-state index < -0.39 is 21.9 Å². The zero-order valence-corrected chi connectivity index (χ0v) is 17.1. The topological polar surface area (TPSA) is 115 Å². The lowest BCUT2D eigenvalue weighted by atomic mass is 10.1. The summed E-state index contributed by atoms with van der Waals surface area (Å²) in [6.07, 6.45) is 0. The molecular formula is C22H19N2O5S-. The number of carbonyl (C=O) groups is 2. The van der Waals surface area contributed by atoms with Gasteiger partial charge in [-0.15, -0.1) is 0 Å². The average Bonchev–Trinajstić information content (AvgIpc) is 2.71. The molecule has 30 heavy (non-hydrogen) atoms. The highest BCUT2D eigenvalue weighted by Crippen LogP contribution is 2.21. The maximum Gasteiger partial charge on any atom is 0.261 e. The van der Waals surface area contributed by atoms with E-state index in [2.05, 4.69) is 10.0 Å². The molecule has 0 aliphatic heterocycles. The molecule has 0 spiro atoms. The summed E-state index contributed by atoms with van der Waals surface area (Å²) in [5.74, 6) is -2.10. The second-order valence-corrected chi connectivity index (χ2v) is 8.40. The molecule has 0 aliphatic carbocycles. The van der Waals surface area contributed by atoms with Gasteiger partial charge < -0.3 is 15.2 Å². The van der Waals surface area contributed by atoms with Crippen molar-refractivity contribution in [2.75, 3.05) is 10.0 Å². The molecular weight excluding hydrogens is 404 g/mol. The summed E-state index contributed by atoms with van der Waals surface area (Å²) in [6.45, 7) is 3.83. The van der Waals surface area contributed by atoms with Gasteiger partial charge in [-0.3, -0.25) is 9.52 Å². The summed E-state index contributed by atoms with van der Waals surface area (Å²) in [7, 11) is -3.81. The number of anilines is 2. The maximum absolute atomic E-state index is 12.6. The van der Waals surface area contributed by atoms with E-state index in [0.717, 1.165) is 11.1 Å². The minimum atomic E-state index is -3.81. The van der Waals surface area contributed by atoms with Crippen LogP contribution in [0.5, 0.6) is 0 Å². The second kappa shape index (κ2) is 8.38. The maximum atomic E-state index is 12.6. The Balaban J connectivity index is 1.76. The molecule has 0 bridgehead atoms. The van der Waals surface area contributed by atoms with E-state index in [1.165, 1.54) is 48.5 Å². The van der Waals surface area contributed by atoms with E-state index in [9.17, 15) is 23.1 Å². The number of carbonyl (C=O) groups excluding carboxylic acids is 2. The van der Waals surface area contributed by atoms with Crippen molar-refractivity contribution >= 4 is 33.3 Å². The molecule has 0 heterocycles. The highest BCUT2D eigenvalue weighted by Gasteiger charge is 2.16. The van der Waals surface area contributed by atoms with Gasteiger partial charge in [-0.25, -0.2) is 8.42 Å². The summed E-state index contributed by atoms with van der Waals surface area (Å²) in [5.41, 5.74) is 2.51. The van der Waals surface area contributed by atoms with Gasteiger partial charge in [0.15, 0.2) is 0 Å². The third-order valence-corrected chi connectivity index (χ3v) is 5.97. The number of amides is 1. The van der Waals surface area contributed by atoms with Crippen molar-refractivity contribution in [2.45, 2.75) is 18.7 Å². The van der Waals surface area contributed by atoms with Gasteiger partial charge in [-0.2, -0.15) is 0 Å². The van der Waals surface area contributed by atoms with Gasteiger partial charge in [-0.05, 0) is 67.4 Å². The van der Waals surface area contributed by atoms with E-state index in [1.807, 2.05) is 19.9 Å². The molecule has 8 heteroatoms. The Labute approximate surface area is 174 Å². The minimum Gasteiger partial charge on any atom is -0.545 e. The molecule has 3 rings (SSSR count). The minimum absolute atomic E-state index is 0.0221. The highest BCUT2D eigenvalue weighted by molar-refractivity contribution is 7.92. The Bertz CT molecular complexity index is 1220. The van der Waals surface area contributed by atoms with Crippen molar-refractivity contribution in [3.63, 3.8) is 0 Å². The van der Waals surface area contributed by atoms with Crippen LogP contribution in [0, 0.1) is 13.8 Å². The first-order valence-corrected chi connectivity index (χ1v) is 10.5. The lowest BCUT2D eigenvalue weighted by molar-refractivity contribution is -0.255. The molecule has 0 saturated heterocycles. The monoisotopic (exact) mass is 423 g/mol. The van der Waals surface area contributed by atoms with Crippen LogP contribution in [0.4, 0.5) is 11.4 Å². The fourth-order valence-electron chi connectivity index (χ4n) is 2.79. The Morgan fingerprint density at radius 1 is 0.800 bits per heavy atom. The van der Waals surface area contributed by atoms with Gasteiger partial charge in [0.25, 0.3) is 15.9 Å². The average molecular weight is 423 g/mol. The first-order valence-electron chi connectivity index (χ1n) is 8.99. The van der Waals surface area contributed by atoms with Crippen LogP contribution in [0.1, 0.15) is 31.8 Å². The Kier molecular flexibility index (Phi) is 5.89. The third kappa shape index (κ3) is 4.66. The second-order valence-electron chi connectivity index (χ2n) is 6.72. The first-order chi connectivity index (χ1) is 14.2. The summed E-state index contributed by atoms with van der Waals surface area (Å²) in [4.78, 5) is 23.6. The fraction of sp³-hybridized carbons (Fsp3) is 0.0909. The summed E-state index contributed by atoms with van der Waals surface area (Å²) < 4.78 is 27.7. The number of hydrogen-bond acceptors (Lipinski definition) is 5. The summed E-state index contributed by atoms with van der Waals surface area (Å²) >= 11 is 0. The van der Waals surface area contributed by atoms with Crippen LogP contribution in [-0.4, -0.2) is 20.3 Å². The lowest BCUT2D eigenvalue weighted by Crippen LogP contribution is -2.26. The van der Waals surface area contributed by atoms with Crippen molar-refractivity contribution in [3.05, 3.63) is 89.0 Å². The smallest absolute Gasteiger partial charge is 0.261 e. The van der Waals surface area contributed by atoms with Crippen molar-refractivity contribution in [3.8, 4) is 0 Å². The van der Waals surface area contributed by atoms with E-state index in [1.54, 1.807) is 12.1 Å². The molecule has 7 nitrogen and oxygen atoms in total. The molecule has 0 saturated carbocycles. The summed E-state index contributed by atoms with van der Waals surface area (Å²) in [5, 5.41) is 13.7. The van der Waals surface area contributed by atoms with Gasteiger partial charge in [-0.1, -0.05) is 24.3 Å². The van der Waals surface area contributed by atoms with Crippen LogP contribution in [0.25, 0.3) is 0 Å². The first kappa shape index (κ1) is 21.1. The molecule has 0 aliphatic rings. The predicted octanol–water partition coefficient (Wildman–Crippen LogP) is 2.72. The van der Waals surface area contributed by atoms with Crippen LogP contribution in [0.15, 0.2) is 71.6 Å². The molecule has 3 aromatic rings. The molecule has 1 amide bonds.